The average Bonchev–Trinajstić information content (AvgIpc) is 2.61. The molecule has 0 amide bonds. The highest BCUT2D eigenvalue weighted by molar-refractivity contribution is 5.20. The van der Waals surface area contributed by atoms with Gasteiger partial charge in [-0.25, -0.2) is 0 Å². The Morgan fingerprint density at radius 2 is 1.54 bits per heavy atom. The molecule has 2 aromatic carbocycles. The summed E-state index contributed by atoms with van der Waals surface area (Å²) in [5.41, 5.74) is 1.39. The van der Waals surface area contributed by atoms with Crippen molar-refractivity contribution in [2.24, 2.45) is 0 Å². The Morgan fingerprint density at radius 3 is 2.19 bits per heavy atom. The minimum Gasteiger partial charge on any atom is -1.00 e. The number of nitrogens with two attached hydrogens (primary N) is 2. The molecule has 0 aliphatic rings. The van der Waals surface area contributed by atoms with Gasteiger partial charge >= 0.3 is 0 Å². The standard InChI is InChI=1S/C20H28N2O2.2ClH/c1-17(14-18-8-4-2-5-9-18)22-13-12-21-15-19(23)16-24-20-10-6-3-7-11-20;;/h2-11,17,19,21-23H,12-16H2,1H3;2*1H. The van der Waals surface area contributed by atoms with Crippen molar-refractivity contribution in [1.29, 1.82) is 0 Å². The third-order valence-electron chi connectivity index (χ3n) is 3.96. The number of para-hydroxylation sites is 1. The van der Waals surface area contributed by atoms with Crippen LogP contribution in [0.2, 0.25) is 0 Å². The van der Waals surface area contributed by atoms with Crippen molar-refractivity contribution in [3.05, 3.63) is 66.2 Å². The van der Waals surface area contributed by atoms with Crippen LogP contribution >= 0.6 is 0 Å². The van der Waals surface area contributed by atoms with E-state index in [0.29, 0.717) is 19.2 Å². The van der Waals surface area contributed by atoms with Gasteiger partial charge in [0.15, 0.2) is 0 Å². The van der Waals surface area contributed by atoms with Gasteiger partial charge in [0.05, 0.1) is 6.04 Å². The quantitative estimate of drug-likeness (QED) is 0.329. The molecule has 0 aliphatic heterocycles. The number of aliphatic hydroxyl groups is 1. The van der Waals surface area contributed by atoms with Crippen LogP contribution in [0.25, 0.3) is 0 Å². The molecule has 0 heterocycles. The Kier molecular flexibility index (Phi) is 14.1. The highest BCUT2D eigenvalue weighted by Crippen LogP contribution is 2.08. The summed E-state index contributed by atoms with van der Waals surface area (Å²) in [5, 5.41) is 14.5. The van der Waals surface area contributed by atoms with Crippen LogP contribution in [0.3, 0.4) is 0 Å². The molecule has 0 radical (unpaired) electrons. The van der Waals surface area contributed by atoms with Crippen molar-refractivity contribution in [2.75, 3.05) is 26.2 Å². The van der Waals surface area contributed by atoms with Gasteiger partial charge in [0.25, 0.3) is 0 Å². The monoisotopic (exact) mass is 400 g/mol. The maximum atomic E-state index is 9.95. The van der Waals surface area contributed by atoms with Crippen LogP contribution in [0.1, 0.15) is 12.5 Å². The van der Waals surface area contributed by atoms with Crippen molar-refractivity contribution in [3.8, 4) is 5.75 Å². The lowest BCUT2D eigenvalue weighted by Gasteiger charge is -2.12. The van der Waals surface area contributed by atoms with E-state index in [9.17, 15) is 5.11 Å². The molecule has 0 saturated heterocycles. The SMILES string of the molecule is CC(Cc1ccccc1)[NH2+]CC[NH2+]CC(O)COc1ccccc1.[Cl-].[Cl-]. The largest absolute Gasteiger partial charge is 1.00 e. The second-order valence-electron chi connectivity index (χ2n) is 6.28. The normalized spacial score (nSPS) is 12.4. The molecular formula is C20H30Cl2N2O2. The van der Waals surface area contributed by atoms with Gasteiger partial charge in [-0.2, -0.15) is 0 Å². The first-order valence-electron chi connectivity index (χ1n) is 8.79. The number of quaternary nitrogens is 2. The molecule has 0 spiro atoms. The highest BCUT2D eigenvalue weighted by Gasteiger charge is 2.09. The van der Waals surface area contributed by atoms with Gasteiger partial charge in [-0.05, 0) is 24.6 Å². The summed E-state index contributed by atoms with van der Waals surface area (Å²) in [6.45, 7) is 5.33. The molecule has 0 aromatic heterocycles. The summed E-state index contributed by atoms with van der Waals surface area (Å²) in [5.74, 6) is 0.805. The van der Waals surface area contributed by atoms with Crippen molar-refractivity contribution in [1.82, 2.24) is 0 Å². The first kappa shape index (κ1) is 24.7. The zero-order chi connectivity index (χ0) is 17.0. The molecule has 2 aromatic rings. The maximum Gasteiger partial charge on any atom is 0.137 e. The Bertz CT molecular complexity index is 558. The number of hydrogen-bond donors (Lipinski definition) is 3. The predicted molar refractivity (Wildman–Crippen MR) is 96.0 cm³/mol. The Labute approximate surface area is 169 Å². The molecule has 0 aliphatic carbocycles. The van der Waals surface area contributed by atoms with E-state index >= 15 is 0 Å². The molecular weight excluding hydrogens is 371 g/mol. The minimum atomic E-state index is -0.438. The van der Waals surface area contributed by atoms with E-state index in [1.165, 1.54) is 5.56 Å². The summed E-state index contributed by atoms with van der Waals surface area (Å²) >= 11 is 0. The Hall–Kier alpha value is -1.30. The van der Waals surface area contributed by atoms with Gasteiger partial charge in [-0.15, -0.1) is 0 Å². The Balaban J connectivity index is 0.00000312. The van der Waals surface area contributed by atoms with Crippen molar-refractivity contribution < 1.29 is 45.3 Å². The van der Waals surface area contributed by atoms with Gasteiger partial charge in [0.1, 0.15) is 38.1 Å². The van der Waals surface area contributed by atoms with Crippen LogP contribution in [0.5, 0.6) is 5.75 Å². The molecule has 2 atom stereocenters. The molecule has 2 rings (SSSR count). The molecule has 0 fully saturated rings. The number of ether oxygens (including phenoxy) is 1. The van der Waals surface area contributed by atoms with Crippen LogP contribution in [0, 0.1) is 0 Å². The highest BCUT2D eigenvalue weighted by atomic mass is 35.5. The zero-order valence-corrected chi connectivity index (χ0v) is 16.7. The maximum absolute atomic E-state index is 9.95. The molecule has 26 heavy (non-hydrogen) atoms. The van der Waals surface area contributed by atoms with Gasteiger partial charge in [-0.3, -0.25) is 0 Å². The molecule has 4 nitrogen and oxygen atoms in total. The van der Waals surface area contributed by atoms with Crippen molar-refractivity contribution >= 4 is 0 Å². The van der Waals surface area contributed by atoms with Crippen LogP contribution < -0.4 is 40.2 Å². The predicted octanol–water partition coefficient (Wildman–Crippen LogP) is -5.81. The first-order valence-corrected chi connectivity index (χ1v) is 8.79. The third-order valence-corrected chi connectivity index (χ3v) is 3.96. The number of aliphatic hydroxyl groups excluding tert-OH is 1. The summed E-state index contributed by atoms with van der Waals surface area (Å²) in [4.78, 5) is 0. The van der Waals surface area contributed by atoms with E-state index in [4.69, 9.17) is 4.74 Å². The molecule has 146 valence electrons. The number of hydrogen-bond acceptors (Lipinski definition) is 2. The van der Waals surface area contributed by atoms with Crippen LogP contribution in [-0.4, -0.2) is 43.5 Å². The topological polar surface area (TPSA) is 62.7 Å². The van der Waals surface area contributed by atoms with E-state index in [1.54, 1.807) is 0 Å². The van der Waals surface area contributed by atoms with Crippen LogP contribution in [0.4, 0.5) is 0 Å². The van der Waals surface area contributed by atoms with Crippen LogP contribution in [-0.2, 0) is 6.42 Å². The van der Waals surface area contributed by atoms with Gasteiger partial charge in [-0.1, -0.05) is 48.5 Å². The van der Waals surface area contributed by atoms with Gasteiger partial charge < -0.3 is 45.3 Å². The summed E-state index contributed by atoms with van der Waals surface area (Å²) < 4.78 is 5.55. The molecule has 2 unspecified atom stereocenters. The van der Waals surface area contributed by atoms with E-state index in [-0.39, 0.29) is 24.8 Å². The van der Waals surface area contributed by atoms with E-state index in [0.717, 1.165) is 25.3 Å². The van der Waals surface area contributed by atoms with Gasteiger partial charge in [0, 0.05) is 6.42 Å². The zero-order valence-electron chi connectivity index (χ0n) is 15.2. The van der Waals surface area contributed by atoms with Crippen LogP contribution in [0.15, 0.2) is 60.7 Å². The molecule has 5 N–H and O–H groups in total. The first-order chi connectivity index (χ1) is 11.7. The lowest BCUT2D eigenvalue weighted by molar-refractivity contribution is -0.740. The summed E-state index contributed by atoms with van der Waals surface area (Å²) in [7, 11) is 0. The van der Waals surface area contributed by atoms with Crippen molar-refractivity contribution in [3.63, 3.8) is 0 Å². The average molecular weight is 401 g/mol. The minimum absolute atomic E-state index is 0. The van der Waals surface area contributed by atoms with E-state index in [2.05, 4.69) is 47.9 Å². The number of halogens is 2. The number of benzene rings is 2. The second-order valence-corrected chi connectivity index (χ2v) is 6.28. The second kappa shape index (κ2) is 14.8. The molecule has 6 heteroatoms. The summed E-state index contributed by atoms with van der Waals surface area (Å²) in [6.07, 6.45) is 0.654. The van der Waals surface area contributed by atoms with Crippen molar-refractivity contribution in [2.45, 2.75) is 25.5 Å². The Morgan fingerprint density at radius 1 is 0.923 bits per heavy atom. The fraction of sp³-hybridized carbons (Fsp3) is 0.400. The fourth-order valence-electron chi connectivity index (χ4n) is 2.66. The summed E-state index contributed by atoms with van der Waals surface area (Å²) in [6, 6.07) is 20.8. The molecule has 0 saturated carbocycles. The number of rotatable bonds is 11. The van der Waals surface area contributed by atoms with Gasteiger partial charge in [0.2, 0.25) is 0 Å². The lowest BCUT2D eigenvalue weighted by atomic mass is 10.1. The lowest BCUT2D eigenvalue weighted by Crippen LogP contribution is -3.00. The van der Waals surface area contributed by atoms with E-state index in [1.807, 2.05) is 30.3 Å². The third kappa shape index (κ3) is 10.6. The fourth-order valence-corrected chi connectivity index (χ4v) is 2.66. The smallest absolute Gasteiger partial charge is 0.137 e. The molecule has 0 bridgehead atoms. The van der Waals surface area contributed by atoms with E-state index < -0.39 is 6.10 Å².